The number of hydrogen-bond donors (Lipinski definition) is 1. The van der Waals surface area contributed by atoms with Crippen molar-refractivity contribution in [1.29, 1.82) is 0 Å². The second kappa shape index (κ2) is 5.27. The van der Waals surface area contributed by atoms with E-state index in [1.807, 2.05) is 13.1 Å². The molecule has 0 saturated heterocycles. The molecule has 2 heterocycles. The van der Waals surface area contributed by atoms with Gasteiger partial charge in [0.25, 0.3) is 0 Å². The van der Waals surface area contributed by atoms with Crippen molar-refractivity contribution in [2.45, 2.75) is 0 Å². The molecule has 2 rings (SSSR count). The van der Waals surface area contributed by atoms with E-state index in [0.29, 0.717) is 23.9 Å². The minimum Gasteiger partial charge on any atom is -0.489 e. The highest BCUT2D eigenvalue weighted by molar-refractivity contribution is 5.45. The van der Waals surface area contributed by atoms with E-state index in [-0.39, 0.29) is 0 Å². The predicted octanol–water partition coefficient (Wildman–Crippen LogP) is 1.33. The van der Waals surface area contributed by atoms with Crippen LogP contribution in [0.1, 0.15) is 0 Å². The summed E-state index contributed by atoms with van der Waals surface area (Å²) in [5, 5.41) is 2.99. The molecule has 0 aromatic carbocycles. The summed E-state index contributed by atoms with van der Waals surface area (Å²) in [5.74, 6) is 1.87. The molecule has 0 spiro atoms. The molecule has 0 atom stereocenters. The van der Waals surface area contributed by atoms with E-state index in [4.69, 9.17) is 9.15 Å². The molecule has 0 saturated carbocycles. The number of nitrogens with zero attached hydrogens (tertiary/aromatic N) is 2. The van der Waals surface area contributed by atoms with Crippen LogP contribution in [0.3, 0.4) is 0 Å². The molecule has 84 valence electrons. The fourth-order valence-corrected chi connectivity index (χ4v) is 1.19. The normalized spacial score (nSPS) is 10.3. The Morgan fingerprint density at radius 1 is 1.38 bits per heavy atom. The van der Waals surface area contributed by atoms with Gasteiger partial charge in [-0.15, -0.1) is 0 Å². The van der Waals surface area contributed by atoms with Crippen LogP contribution < -0.4 is 10.1 Å². The summed E-state index contributed by atoms with van der Waals surface area (Å²) in [7, 11) is 1.87. The van der Waals surface area contributed by atoms with Gasteiger partial charge in [-0.05, 0) is 19.2 Å². The highest BCUT2D eigenvalue weighted by atomic mass is 16.5. The van der Waals surface area contributed by atoms with Crippen molar-refractivity contribution >= 4 is 0 Å². The Morgan fingerprint density at radius 2 is 2.19 bits per heavy atom. The highest BCUT2D eigenvalue weighted by Gasteiger charge is 2.03. The molecule has 0 bridgehead atoms. The lowest BCUT2D eigenvalue weighted by Crippen LogP contribution is -2.16. The average molecular weight is 219 g/mol. The van der Waals surface area contributed by atoms with Gasteiger partial charge in [-0.25, -0.2) is 9.97 Å². The number of aromatic nitrogens is 2. The van der Waals surface area contributed by atoms with Crippen molar-refractivity contribution in [3.05, 3.63) is 30.8 Å². The molecular formula is C11H13N3O2. The van der Waals surface area contributed by atoms with Crippen LogP contribution in [0.15, 0.2) is 35.2 Å². The van der Waals surface area contributed by atoms with Gasteiger partial charge in [0.1, 0.15) is 6.61 Å². The van der Waals surface area contributed by atoms with Gasteiger partial charge in [-0.2, -0.15) is 0 Å². The third kappa shape index (κ3) is 2.58. The fraction of sp³-hybridized carbons (Fsp3) is 0.273. The van der Waals surface area contributed by atoms with Gasteiger partial charge in [0, 0.05) is 6.54 Å². The Hall–Kier alpha value is -1.88. The first-order chi connectivity index (χ1) is 7.90. The van der Waals surface area contributed by atoms with Crippen LogP contribution in [0, 0.1) is 0 Å². The molecule has 16 heavy (non-hydrogen) atoms. The van der Waals surface area contributed by atoms with Crippen LogP contribution in [0.25, 0.3) is 11.6 Å². The van der Waals surface area contributed by atoms with Crippen LogP contribution in [0.5, 0.6) is 5.75 Å². The van der Waals surface area contributed by atoms with Crippen molar-refractivity contribution in [2.24, 2.45) is 0 Å². The number of ether oxygens (including phenoxy) is 1. The Kier molecular flexibility index (Phi) is 3.50. The number of hydrogen-bond acceptors (Lipinski definition) is 5. The number of nitrogens with one attached hydrogen (secondary N) is 1. The van der Waals surface area contributed by atoms with Gasteiger partial charge < -0.3 is 14.5 Å². The summed E-state index contributed by atoms with van der Waals surface area (Å²) < 4.78 is 10.6. The molecule has 2 aromatic rings. The van der Waals surface area contributed by atoms with Gasteiger partial charge in [0.2, 0.25) is 0 Å². The largest absolute Gasteiger partial charge is 0.489 e. The van der Waals surface area contributed by atoms with Crippen molar-refractivity contribution in [1.82, 2.24) is 15.3 Å². The third-order valence-electron chi connectivity index (χ3n) is 1.99. The minimum atomic E-state index is 0.561. The first kappa shape index (κ1) is 10.6. The smallest absolute Gasteiger partial charge is 0.195 e. The van der Waals surface area contributed by atoms with Crippen molar-refractivity contribution in [3.8, 4) is 17.3 Å². The molecule has 5 nitrogen and oxygen atoms in total. The van der Waals surface area contributed by atoms with E-state index in [2.05, 4.69) is 15.3 Å². The molecule has 1 N–H and O–H groups in total. The molecule has 0 fully saturated rings. The maximum atomic E-state index is 5.40. The monoisotopic (exact) mass is 219 g/mol. The van der Waals surface area contributed by atoms with Crippen molar-refractivity contribution in [3.63, 3.8) is 0 Å². The molecule has 0 aliphatic carbocycles. The molecule has 0 aliphatic heterocycles. The molecule has 0 aliphatic rings. The molecule has 0 amide bonds. The van der Waals surface area contributed by atoms with E-state index in [0.717, 1.165) is 6.54 Å². The molecular weight excluding hydrogens is 206 g/mol. The first-order valence-electron chi connectivity index (χ1n) is 5.03. The van der Waals surface area contributed by atoms with Crippen molar-refractivity contribution in [2.75, 3.05) is 20.2 Å². The molecule has 5 heteroatoms. The predicted molar refractivity (Wildman–Crippen MR) is 59.2 cm³/mol. The second-order valence-corrected chi connectivity index (χ2v) is 3.17. The maximum Gasteiger partial charge on any atom is 0.195 e. The Bertz CT molecular complexity index is 411. The topological polar surface area (TPSA) is 60.2 Å². The summed E-state index contributed by atoms with van der Waals surface area (Å²) in [5.41, 5.74) is 0. The van der Waals surface area contributed by atoms with Gasteiger partial charge in [-0.3, -0.25) is 0 Å². The van der Waals surface area contributed by atoms with Crippen LogP contribution >= 0.6 is 0 Å². The third-order valence-corrected chi connectivity index (χ3v) is 1.99. The number of furan rings is 1. The lowest BCUT2D eigenvalue weighted by molar-refractivity contribution is 0.316. The van der Waals surface area contributed by atoms with Crippen LogP contribution in [0.2, 0.25) is 0 Å². The lowest BCUT2D eigenvalue weighted by atomic mass is 10.4. The first-order valence-corrected chi connectivity index (χ1v) is 5.03. The summed E-state index contributed by atoms with van der Waals surface area (Å²) in [6.45, 7) is 1.39. The van der Waals surface area contributed by atoms with E-state index >= 15 is 0 Å². The van der Waals surface area contributed by atoms with Crippen molar-refractivity contribution < 1.29 is 9.15 Å². The summed E-state index contributed by atoms with van der Waals surface area (Å²) in [6, 6.07) is 3.62. The van der Waals surface area contributed by atoms with E-state index < -0.39 is 0 Å². The molecule has 0 unspecified atom stereocenters. The maximum absolute atomic E-state index is 5.40. The quantitative estimate of drug-likeness (QED) is 0.769. The van der Waals surface area contributed by atoms with Gasteiger partial charge in [0.05, 0.1) is 18.7 Å². The van der Waals surface area contributed by atoms with Crippen LogP contribution in [0.4, 0.5) is 0 Å². The SMILES string of the molecule is CNCCOc1cnc(-c2ccco2)nc1. The summed E-state index contributed by atoms with van der Waals surface area (Å²) in [4.78, 5) is 8.30. The molecule has 2 aromatic heterocycles. The zero-order valence-electron chi connectivity index (χ0n) is 9.01. The van der Waals surface area contributed by atoms with E-state index in [9.17, 15) is 0 Å². The van der Waals surface area contributed by atoms with Gasteiger partial charge >= 0.3 is 0 Å². The van der Waals surface area contributed by atoms with Gasteiger partial charge in [-0.1, -0.05) is 0 Å². The lowest BCUT2D eigenvalue weighted by Gasteiger charge is -2.04. The second-order valence-electron chi connectivity index (χ2n) is 3.17. The number of rotatable bonds is 5. The number of likely N-dealkylation sites (N-methyl/N-ethyl adjacent to an activating group) is 1. The van der Waals surface area contributed by atoms with E-state index in [1.54, 1.807) is 24.7 Å². The van der Waals surface area contributed by atoms with E-state index in [1.165, 1.54) is 0 Å². The Morgan fingerprint density at radius 3 is 2.81 bits per heavy atom. The Labute approximate surface area is 93.5 Å². The fourth-order valence-electron chi connectivity index (χ4n) is 1.19. The molecule has 0 radical (unpaired) electrons. The van der Waals surface area contributed by atoms with Crippen LogP contribution in [-0.4, -0.2) is 30.2 Å². The standard InChI is InChI=1S/C11H13N3O2/c1-12-4-6-15-9-7-13-11(14-8-9)10-3-2-5-16-10/h2-3,5,7-8,12H,4,6H2,1H3. The van der Waals surface area contributed by atoms with Gasteiger partial charge in [0.15, 0.2) is 17.3 Å². The average Bonchev–Trinajstić information content (AvgIpc) is 2.84. The zero-order chi connectivity index (χ0) is 11.2. The summed E-state index contributed by atoms with van der Waals surface area (Å²) in [6.07, 6.45) is 4.87. The zero-order valence-corrected chi connectivity index (χ0v) is 9.01. The Balaban J connectivity index is 2.00. The summed E-state index contributed by atoms with van der Waals surface area (Å²) >= 11 is 0. The highest BCUT2D eigenvalue weighted by Crippen LogP contribution is 2.16. The van der Waals surface area contributed by atoms with Crippen LogP contribution in [-0.2, 0) is 0 Å². The minimum absolute atomic E-state index is 0.561.